The summed E-state index contributed by atoms with van der Waals surface area (Å²) >= 11 is 0. The summed E-state index contributed by atoms with van der Waals surface area (Å²) in [4.78, 5) is 0. The zero-order valence-corrected chi connectivity index (χ0v) is 7.05. The Balaban J connectivity index is 3.36. The second-order valence-electron chi connectivity index (χ2n) is 2.34. The molecule has 0 fully saturated rings. The highest BCUT2D eigenvalue weighted by atomic mass is 16.5. The van der Waals surface area contributed by atoms with Gasteiger partial charge in [-0.1, -0.05) is 13.0 Å². The third-order valence-electron chi connectivity index (χ3n) is 1.45. The molecule has 0 aromatic rings. The number of nitrogens with zero attached hydrogens (tertiary/aromatic N) is 1. The van der Waals surface area contributed by atoms with Gasteiger partial charge in [0.05, 0.1) is 25.2 Å². The summed E-state index contributed by atoms with van der Waals surface area (Å²) in [5.74, 6) is 0. The Morgan fingerprint density at radius 1 is 1.73 bits per heavy atom. The summed E-state index contributed by atoms with van der Waals surface area (Å²) in [5, 5.41) is 8.37. The van der Waals surface area contributed by atoms with Crippen molar-refractivity contribution in [2.75, 3.05) is 6.61 Å². The third-order valence-corrected chi connectivity index (χ3v) is 1.45. The van der Waals surface area contributed by atoms with Crippen LogP contribution in [0.4, 0.5) is 0 Å². The molecule has 0 saturated carbocycles. The van der Waals surface area contributed by atoms with Gasteiger partial charge >= 0.3 is 0 Å². The molecule has 0 aromatic carbocycles. The van der Waals surface area contributed by atoms with E-state index in [0.29, 0.717) is 13.0 Å². The molecule has 0 aromatic heterocycles. The van der Waals surface area contributed by atoms with Crippen molar-refractivity contribution in [3.8, 4) is 6.07 Å². The molecule has 0 heterocycles. The predicted octanol–water partition coefficient (Wildman–Crippen LogP) is 2.27. The molecule has 2 nitrogen and oxygen atoms in total. The molecule has 0 radical (unpaired) electrons. The summed E-state index contributed by atoms with van der Waals surface area (Å²) in [6, 6.07) is 2.09. The topological polar surface area (TPSA) is 33.0 Å². The Morgan fingerprint density at radius 2 is 2.45 bits per heavy atom. The smallest absolute Gasteiger partial charge is 0.0702 e. The van der Waals surface area contributed by atoms with Gasteiger partial charge in [0.25, 0.3) is 0 Å². The second kappa shape index (κ2) is 7.30. The standard InChI is InChI=1S/C9H15NO/c1-3-5-8-11-9(4-2)6-7-10/h3,9H,1,4-6,8H2,2H3. The minimum Gasteiger partial charge on any atom is -0.377 e. The van der Waals surface area contributed by atoms with Gasteiger partial charge in [0, 0.05) is 0 Å². The molecule has 0 saturated heterocycles. The van der Waals surface area contributed by atoms with Crippen LogP contribution in [0.2, 0.25) is 0 Å². The summed E-state index contributed by atoms with van der Waals surface area (Å²) in [6.45, 7) is 6.29. The van der Waals surface area contributed by atoms with E-state index < -0.39 is 0 Å². The highest BCUT2D eigenvalue weighted by molar-refractivity contribution is 4.75. The normalized spacial score (nSPS) is 12.0. The SMILES string of the molecule is C=CCCOC(CC)CC#N. The van der Waals surface area contributed by atoms with Crippen molar-refractivity contribution in [3.63, 3.8) is 0 Å². The maximum Gasteiger partial charge on any atom is 0.0702 e. The first kappa shape index (κ1) is 10.2. The van der Waals surface area contributed by atoms with Crippen LogP contribution in [0, 0.1) is 11.3 Å². The van der Waals surface area contributed by atoms with Crippen LogP contribution in [-0.4, -0.2) is 12.7 Å². The molecule has 11 heavy (non-hydrogen) atoms. The number of nitriles is 1. The van der Waals surface area contributed by atoms with Gasteiger partial charge in [-0.05, 0) is 12.8 Å². The lowest BCUT2D eigenvalue weighted by Gasteiger charge is -2.10. The quantitative estimate of drug-likeness (QED) is 0.433. The van der Waals surface area contributed by atoms with E-state index in [1.807, 2.05) is 13.0 Å². The van der Waals surface area contributed by atoms with Crippen LogP contribution in [-0.2, 0) is 4.74 Å². The lowest BCUT2D eigenvalue weighted by atomic mass is 10.2. The van der Waals surface area contributed by atoms with Crippen LogP contribution in [0.5, 0.6) is 0 Å². The minimum absolute atomic E-state index is 0.111. The van der Waals surface area contributed by atoms with Crippen LogP contribution < -0.4 is 0 Å². The van der Waals surface area contributed by atoms with Gasteiger partial charge in [-0.15, -0.1) is 6.58 Å². The van der Waals surface area contributed by atoms with E-state index in [4.69, 9.17) is 10.00 Å². The van der Waals surface area contributed by atoms with Gasteiger partial charge in [-0.3, -0.25) is 0 Å². The molecule has 1 unspecified atom stereocenters. The van der Waals surface area contributed by atoms with Crippen molar-refractivity contribution in [2.45, 2.75) is 32.3 Å². The van der Waals surface area contributed by atoms with Crippen LogP contribution in [0.1, 0.15) is 26.2 Å². The Bertz CT molecular complexity index is 137. The minimum atomic E-state index is 0.111. The molecule has 0 N–H and O–H groups in total. The molecular formula is C9H15NO. The molecule has 0 amide bonds. The van der Waals surface area contributed by atoms with Crippen molar-refractivity contribution in [1.29, 1.82) is 5.26 Å². The average molecular weight is 153 g/mol. The Kier molecular flexibility index (Phi) is 6.76. The van der Waals surface area contributed by atoms with Gasteiger partial charge < -0.3 is 4.74 Å². The predicted molar refractivity (Wildman–Crippen MR) is 45.1 cm³/mol. The number of rotatable bonds is 6. The van der Waals surface area contributed by atoms with Gasteiger partial charge in [0.2, 0.25) is 0 Å². The molecule has 0 aliphatic carbocycles. The fourth-order valence-corrected chi connectivity index (χ4v) is 0.741. The fourth-order valence-electron chi connectivity index (χ4n) is 0.741. The van der Waals surface area contributed by atoms with Gasteiger partial charge in [-0.25, -0.2) is 0 Å². The molecule has 0 aliphatic rings. The van der Waals surface area contributed by atoms with Crippen molar-refractivity contribution < 1.29 is 4.74 Å². The van der Waals surface area contributed by atoms with Gasteiger partial charge in [0.15, 0.2) is 0 Å². The Morgan fingerprint density at radius 3 is 2.91 bits per heavy atom. The van der Waals surface area contributed by atoms with Gasteiger partial charge in [-0.2, -0.15) is 5.26 Å². The summed E-state index contributed by atoms with van der Waals surface area (Å²) in [7, 11) is 0. The van der Waals surface area contributed by atoms with Crippen LogP contribution >= 0.6 is 0 Å². The molecule has 2 heteroatoms. The third kappa shape index (κ3) is 5.63. The maximum atomic E-state index is 8.37. The monoisotopic (exact) mass is 153 g/mol. The molecule has 0 bridgehead atoms. The van der Waals surface area contributed by atoms with E-state index in [2.05, 4.69) is 12.6 Å². The highest BCUT2D eigenvalue weighted by Gasteiger charge is 2.03. The first-order chi connectivity index (χ1) is 5.35. The second-order valence-corrected chi connectivity index (χ2v) is 2.34. The van der Waals surface area contributed by atoms with E-state index >= 15 is 0 Å². The lowest BCUT2D eigenvalue weighted by Crippen LogP contribution is -2.11. The van der Waals surface area contributed by atoms with Crippen molar-refractivity contribution >= 4 is 0 Å². The number of ether oxygens (including phenoxy) is 1. The van der Waals surface area contributed by atoms with E-state index in [1.54, 1.807) is 0 Å². The van der Waals surface area contributed by atoms with Gasteiger partial charge in [0.1, 0.15) is 0 Å². The lowest BCUT2D eigenvalue weighted by molar-refractivity contribution is 0.0573. The van der Waals surface area contributed by atoms with E-state index in [-0.39, 0.29) is 6.10 Å². The van der Waals surface area contributed by atoms with Crippen molar-refractivity contribution in [1.82, 2.24) is 0 Å². The molecule has 0 rings (SSSR count). The molecule has 1 atom stereocenters. The van der Waals surface area contributed by atoms with Crippen LogP contribution in [0.3, 0.4) is 0 Å². The van der Waals surface area contributed by atoms with E-state index in [0.717, 1.165) is 12.8 Å². The van der Waals surface area contributed by atoms with E-state index in [9.17, 15) is 0 Å². The number of hydrogen-bond acceptors (Lipinski definition) is 2. The van der Waals surface area contributed by atoms with E-state index in [1.165, 1.54) is 0 Å². The largest absolute Gasteiger partial charge is 0.377 e. The average Bonchev–Trinajstić information content (AvgIpc) is 2.03. The first-order valence-electron chi connectivity index (χ1n) is 3.94. The Hall–Kier alpha value is -0.810. The molecule has 62 valence electrons. The fraction of sp³-hybridized carbons (Fsp3) is 0.667. The molecule has 0 spiro atoms. The molecule has 0 aliphatic heterocycles. The van der Waals surface area contributed by atoms with Crippen LogP contribution in [0.25, 0.3) is 0 Å². The molecular weight excluding hydrogens is 138 g/mol. The summed E-state index contributed by atoms with van der Waals surface area (Å²) in [5.41, 5.74) is 0. The summed E-state index contributed by atoms with van der Waals surface area (Å²) in [6.07, 6.45) is 4.19. The zero-order valence-electron chi connectivity index (χ0n) is 7.05. The number of hydrogen-bond donors (Lipinski definition) is 0. The van der Waals surface area contributed by atoms with Crippen LogP contribution in [0.15, 0.2) is 12.7 Å². The van der Waals surface area contributed by atoms with Crippen molar-refractivity contribution in [3.05, 3.63) is 12.7 Å². The Labute approximate surface area is 68.5 Å². The summed E-state index contributed by atoms with van der Waals surface area (Å²) < 4.78 is 5.38. The maximum absolute atomic E-state index is 8.37. The zero-order chi connectivity index (χ0) is 8.53. The first-order valence-corrected chi connectivity index (χ1v) is 3.94. The van der Waals surface area contributed by atoms with Crippen molar-refractivity contribution in [2.24, 2.45) is 0 Å². The highest BCUT2D eigenvalue weighted by Crippen LogP contribution is 2.02.